The Labute approximate surface area is 175 Å². The summed E-state index contributed by atoms with van der Waals surface area (Å²) >= 11 is 1.42. The van der Waals surface area contributed by atoms with Crippen molar-refractivity contribution in [3.63, 3.8) is 0 Å². The predicted octanol–water partition coefficient (Wildman–Crippen LogP) is 2.04. The maximum Gasteiger partial charge on any atom is 0.227 e. The highest BCUT2D eigenvalue weighted by Gasteiger charge is 2.32. The molecule has 0 spiro atoms. The van der Waals surface area contributed by atoms with Gasteiger partial charge in [0.25, 0.3) is 0 Å². The summed E-state index contributed by atoms with van der Waals surface area (Å²) in [6, 6.07) is 10.2. The lowest BCUT2D eigenvalue weighted by atomic mass is 9.96. The molecule has 7 nitrogen and oxygen atoms in total. The number of aromatic nitrogens is 2. The van der Waals surface area contributed by atoms with E-state index in [0.717, 1.165) is 36.8 Å². The van der Waals surface area contributed by atoms with Crippen LogP contribution in [-0.2, 0) is 16.0 Å². The molecule has 4 rings (SSSR count). The number of carbonyl (C=O) groups excluding carboxylic acids is 2. The summed E-state index contributed by atoms with van der Waals surface area (Å²) in [7, 11) is 0. The zero-order chi connectivity index (χ0) is 20.2. The Morgan fingerprint density at radius 1 is 1.07 bits per heavy atom. The van der Waals surface area contributed by atoms with Crippen LogP contribution in [0.25, 0.3) is 0 Å². The molecule has 0 saturated carbocycles. The van der Waals surface area contributed by atoms with E-state index in [2.05, 4.69) is 21.4 Å². The van der Waals surface area contributed by atoms with Gasteiger partial charge in [-0.15, -0.1) is 0 Å². The van der Waals surface area contributed by atoms with Gasteiger partial charge in [0.1, 0.15) is 5.82 Å². The zero-order valence-corrected chi connectivity index (χ0v) is 17.6. The Balaban J connectivity index is 1.35. The van der Waals surface area contributed by atoms with Crippen LogP contribution in [-0.4, -0.2) is 70.2 Å². The molecule has 3 heterocycles. The summed E-state index contributed by atoms with van der Waals surface area (Å²) in [4.78, 5) is 35.2. The number of piperazine rings is 1. The van der Waals surface area contributed by atoms with E-state index < -0.39 is 0 Å². The maximum atomic E-state index is 13.0. The smallest absolute Gasteiger partial charge is 0.227 e. The van der Waals surface area contributed by atoms with Crippen LogP contribution in [0.2, 0.25) is 0 Å². The minimum Gasteiger partial charge on any atom is -0.346 e. The van der Waals surface area contributed by atoms with Gasteiger partial charge >= 0.3 is 0 Å². The van der Waals surface area contributed by atoms with Crippen molar-refractivity contribution in [2.75, 3.05) is 44.2 Å². The molecule has 0 unspecified atom stereocenters. The second-order valence-corrected chi connectivity index (χ2v) is 8.50. The number of benzene rings is 1. The Morgan fingerprint density at radius 2 is 1.79 bits per heavy atom. The van der Waals surface area contributed by atoms with Crippen molar-refractivity contribution < 1.29 is 9.59 Å². The first kappa shape index (κ1) is 19.8. The molecule has 0 bridgehead atoms. The molecule has 1 atom stereocenters. The number of nitrogens with zero attached hydrogens (tertiary/aromatic N) is 5. The Morgan fingerprint density at radius 3 is 2.52 bits per heavy atom. The molecule has 2 aliphatic heterocycles. The summed E-state index contributed by atoms with van der Waals surface area (Å²) in [5.74, 6) is 1.13. The lowest BCUT2D eigenvalue weighted by molar-refractivity contribution is -0.141. The van der Waals surface area contributed by atoms with Crippen molar-refractivity contribution >= 4 is 28.5 Å². The van der Waals surface area contributed by atoms with Crippen LogP contribution in [0.5, 0.6) is 0 Å². The fourth-order valence-electron chi connectivity index (χ4n) is 4.08. The van der Waals surface area contributed by atoms with Crippen LogP contribution in [0, 0.1) is 5.92 Å². The van der Waals surface area contributed by atoms with Crippen LogP contribution >= 0.6 is 11.5 Å². The van der Waals surface area contributed by atoms with Crippen molar-refractivity contribution in [1.82, 2.24) is 19.2 Å². The average molecular weight is 414 g/mol. The van der Waals surface area contributed by atoms with E-state index in [1.165, 1.54) is 17.1 Å². The lowest BCUT2D eigenvalue weighted by Crippen LogP contribution is -2.53. The number of amides is 2. The molecule has 8 heteroatoms. The summed E-state index contributed by atoms with van der Waals surface area (Å²) in [5.41, 5.74) is 1.20. The third-order valence-corrected chi connectivity index (χ3v) is 6.56. The van der Waals surface area contributed by atoms with E-state index in [1.807, 2.05) is 28.0 Å². The molecule has 0 radical (unpaired) electrons. The molecule has 2 amide bonds. The number of hydrogen-bond acceptors (Lipinski definition) is 6. The first-order valence-electron chi connectivity index (χ1n) is 10.3. The molecule has 2 fully saturated rings. The van der Waals surface area contributed by atoms with Gasteiger partial charge in [-0.1, -0.05) is 30.3 Å². The van der Waals surface area contributed by atoms with Crippen molar-refractivity contribution in [2.24, 2.45) is 5.92 Å². The minimum atomic E-state index is -0.00546. The van der Waals surface area contributed by atoms with Crippen molar-refractivity contribution in [2.45, 2.75) is 26.2 Å². The Hall–Kier alpha value is -2.48. The van der Waals surface area contributed by atoms with Gasteiger partial charge in [-0.2, -0.15) is 4.37 Å². The number of hydrogen-bond donors (Lipinski definition) is 0. The first-order valence-corrected chi connectivity index (χ1v) is 11.0. The van der Waals surface area contributed by atoms with Crippen molar-refractivity contribution in [3.05, 3.63) is 41.7 Å². The number of anilines is 1. The van der Waals surface area contributed by atoms with Gasteiger partial charge in [0.05, 0.1) is 5.92 Å². The van der Waals surface area contributed by atoms with E-state index in [0.29, 0.717) is 32.7 Å². The van der Waals surface area contributed by atoms with Crippen molar-refractivity contribution in [3.8, 4) is 0 Å². The number of carbonyl (C=O) groups is 2. The maximum absolute atomic E-state index is 13.0. The Kier molecular flexibility index (Phi) is 6.08. The zero-order valence-electron chi connectivity index (χ0n) is 16.8. The summed E-state index contributed by atoms with van der Waals surface area (Å²) in [5, 5.41) is 0.912. The van der Waals surface area contributed by atoms with Gasteiger partial charge in [-0.05, 0) is 18.4 Å². The van der Waals surface area contributed by atoms with E-state index >= 15 is 0 Å². The van der Waals surface area contributed by atoms with Gasteiger partial charge < -0.3 is 14.7 Å². The highest BCUT2D eigenvalue weighted by molar-refractivity contribution is 7.09. The normalized spacial score (nSPS) is 20.0. The SMILES string of the molecule is CC(=O)N1CCN(C(=O)[C@@H]2CCCN(c3nc(Cc4ccccc4)ns3)C2)CC1. The van der Waals surface area contributed by atoms with E-state index in [-0.39, 0.29) is 17.7 Å². The van der Waals surface area contributed by atoms with Gasteiger partial charge in [-0.25, -0.2) is 4.98 Å². The van der Waals surface area contributed by atoms with E-state index in [1.54, 1.807) is 6.92 Å². The van der Waals surface area contributed by atoms with Crippen molar-refractivity contribution in [1.29, 1.82) is 0 Å². The van der Waals surface area contributed by atoms with Crippen LogP contribution in [0.1, 0.15) is 31.2 Å². The summed E-state index contributed by atoms with van der Waals surface area (Å²) in [6.45, 7) is 5.75. The minimum absolute atomic E-state index is 0.00546. The fraction of sp³-hybridized carbons (Fsp3) is 0.524. The molecule has 154 valence electrons. The molecule has 29 heavy (non-hydrogen) atoms. The second-order valence-electron chi connectivity index (χ2n) is 7.77. The third-order valence-electron chi connectivity index (χ3n) is 5.74. The number of piperidine rings is 1. The standard InChI is InChI=1S/C21H27N5O2S/c1-16(27)24-10-12-25(13-11-24)20(28)18-8-5-9-26(15-18)21-22-19(23-29-21)14-17-6-3-2-4-7-17/h2-4,6-7,18H,5,8-15H2,1H3/t18-/m1/s1. The van der Waals surface area contributed by atoms with Gasteiger partial charge in [-0.3, -0.25) is 9.59 Å². The molecule has 2 aromatic rings. The van der Waals surface area contributed by atoms with Crippen LogP contribution < -0.4 is 4.90 Å². The predicted molar refractivity (Wildman–Crippen MR) is 113 cm³/mol. The molecule has 0 N–H and O–H groups in total. The monoisotopic (exact) mass is 413 g/mol. The molecular weight excluding hydrogens is 386 g/mol. The van der Waals surface area contributed by atoms with Crippen LogP contribution in [0.15, 0.2) is 30.3 Å². The molecule has 1 aromatic heterocycles. The lowest BCUT2D eigenvalue weighted by Gasteiger charge is -2.38. The first-order chi connectivity index (χ1) is 14.1. The molecule has 2 saturated heterocycles. The highest BCUT2D eigenvalue weighted by Crippen LogP contribution is 2.26. The van der Waals surface area contributed by atoms with E-state index in [4.69, 9.17) is 4.98 Å². The van der Waals surface area contributed by atoms with Gasteiger partial charge in [0.15, 0.2) is 0 Å². The quantitative estimate of drug-likeness (QED) is 0.767. The summed E-state index contributed by atoms with van der Waals surface area (Å²) in [6.07, 6.45) is 2.63. The van der Waals surface area contributed by atoms with Crippen LogP contribution in [0.3, 0.4) is 0 Å². The summed E-state index contributed by atoms with van der Waals surface area (Å²) < 4.78 is 4.53. The third kappa shape index (κ3) is 4.75. The molecule has 2 aliphatic rings. The largest absolute Gasteiger partial charge is 0.346 e. The second kappa shape index (κ2) is 8.90. The topological polar surface area (TPSA) is 69.6 Å². The molecule has 1 aromatic carbocycles. The van der Waals surface area contributed by atoms with E-state index in [9.17, 15) is 9.59 Å². The van der Waals surface area contributed by atoms with Gasteiger partial charge in [0, 0.05) is 64.1 Å². The van der Waals surface area contributed by atoms with Crippen LogP contribution in [0.4, 0.5) is 5.13 Å². The molecule has 0 aliphatic carbocycles. The number of rotatable bonds is 4. The molecular formula is C21H27N5O2S. The fourth-order valence-corrected chi connectivity index (χ4v) is 4.80. The highest BCUT2D eigenvalue weighted by atomic mass is 32.1. The Bertz CT molecular complexity index is 848. The average Bonchev–Trinajstić information content (AvgIpc) is 3.22. The van der Waals surface area contributed by atoms with Gasteiger partial charge in [0.2, 0.25) is 16.9 Å².